The van der Waals surface area contributed by atoms with Crippen LogP contribution in [0.15, 0.2) is 25.3 Å². The summed E-state index contributed by atoms with van der Waals surface area (Å²) in [4.78, 5) is 44.2. The van der Waals surface area contributed by atoms with E-state index in [-0.39, 0.29) is 35.9 Å². The lowest BCUT2D eigenvalue weighted by Crippen LogP contribution is -2.59. The van der Waals surface area contributed by atoms with E-state index in [1.54, 1.807) is 24.0 Å². The van der Waals surface area contributed by atoms with Crippen LogP contribution in [0.5, 0.6) is 0 Å². The second-order valence-corrected chi connectivity index (χ2v) is 11.1. The minimum absolute atomic E-state index is 0.0636. The molecule has 0 aliphatic carbocycles. The monoisotopic (exact) mass is 554 g/mol. The molecule has 3 heterocycles. The summed E-state index contributed by atoms with van der Waals surface area (Å²) in [6.07, 6.45) is 6.38. The molecular weight excluding hydrogens is 516 g/mol. The van der Waals surface area contributed by atoms with Gasteiger partial charge in [0, 0.05) is 17.4 Å². The first-order chi connectivity index (χ1) is 16.7. The number of hydrogen-bond acceptors (Lipinski definition) is 6. The van der Waals surface area contributed by atoms with Gasteiger partial charge in [-0.3, -0.25) is 14.4 Å². The number of amides is 2. The normalized spacial score (nSPS) is 32.8. The standard InChI is InChI=1S/C26H39BrN2O6/c1-6-9-10-13-34-25(33)19-20-23(31)29(17(5)15-30)22(26(20)14-18(27)21(19)35-26)24(32)28(12-8-3)16(4)11-7-2/h6,8,16-22,30H,1,3,7,9-15H2,2,4-5H3/t16?,17-,18?,19+,20+,21+,22?,26?/m1/s1. The van der Waals surface area contributed by atoms with Gasteiger partial charge in [0.15, 0.2) is 0 Å². The number of hydrogen-bond donors (Lipinski definition) is 1. The molecule has 8 atom stereocenters. The number of aliphatic hydroxyl groups is 1. The van der Waals surface area contributed by atoms with E-state index in [4.69, 9.17) is 9.47 Å². The number of carbonyl (C=O) groups is 3. The van der Waals surface area contributed by atoms with Gasteiger partial charge < -0.3 is 24.4 Å². The molecule has 196 valence electrons. The lowest BCUT2D eigenvalue weighted by atomic mass is 9.70. The summed E-state index contributed by atoms with van der Waals surface area (Å²) in [6, 6.07) is -1.61. The highest BCUT2D eigenvalue weighted by atomic mass is 79.9. The van der Waals surface area contributed by atoms with Gasteiger partial charge >= 0.3 is 5.97 Å². The Hall–Kier alpha value is -1.71. The maximum Gasteiger partial charge on any atom is 0.312 e. The maximum atomic E-state index is 14.2. The first-order valence-corrected chi connectivity index (χ1v) is 13.5. The van der Waals surface area contributed by atoms with Crippen molar-refractivity contribution in [2.24, 2.45) is 11.8 Å². The molecule has 2 bridgehead atoms. The van der Waals surface area contributed by atoms with E-state index in [0.717, 1.165) is 19.3 Å². The van der Waals surface area contributed by atoms with Crippen LogP contribution < -0.4 is 0 Å². The molecule has 9 heteroatoms. The molecule has 1 spiro atoms. The average Bonchev–Trinajstić information content (AvgIpc) is 3.42. The van der Waals surface area contributed by atoms with E-state index in [1.807, 2.05) is 6.92 Å². The molecule has 0 aromatic carbocycles. The number of nitrogens with zero attached hydrogens (tertiary/aromatic N) is 2. The van der Waals surface area contributed by atoms with E-state index in [2.05, 4.69) is 36.0 Å². The highest BCUT2D eigenvalue weighted by Gasteiger charge is 2.77. The fourth-order valence-electron chi connectivity index (χ4n) is 6.03. The number of alkyl halides is 1. The number of fused-ring (bicyclic) bond motifs is 1. The third-order valence-corrected chi connectivity index (χ3v) is 8.46. The van der Waals surface area contributed by atoms with Crippen molar-refractivity contribution in [3.05, 3.63) is 25.3 Å². The van der Waals surface area contributed by atoms with Crippen LogP contribution in [0.2, 0.25) is 0 Å². The number of halogens is 1. The smallest absolute Gasteiger partial charge is 0.312 e. The van der Waals surface area contributed by atoms with Gasteiger partial charge in [-0.05, 0) is 39.5 Å². The first-order valence-electron chi connectivity index (χ1n) is 12.6. The second-order valence-electron chi connectivity index (χ2n) is 9.96. The van der Waals surface area contributed by atoms with Crippen molar-refractivity contribution in [1.82, 2.24) is 9.80 Å². The Balaban J connectivity index is 2.00. The molecule has 2 amide bonds. The van der Waals surface area contributed by atoms with Gasteiger partial charge in [0.25, 0.3) is 0 Å². The Labute approximate surface area is 216 Å². The highest BCUT2D eigenvalue weighted by Crippen LogP contribution is 2.60. The number of carbonyl (C=O) groups excluding carboxylic acids is 3. The van der Waals surface area contributed by atoms with Crippen LogP contribution in [0.4, 0.5) is 0 Å². The van der Waals surface area contributed by atoms with Crippen molar-refractivity contribution in [2.45, 2.75) is 87.5 Å². The van der Waals surface area contributed by atoms with E-state index in [0.29, 0.717) is 19.4 Å². The Morgan fingerprint density at radius 1 is 1.37 bits per heavy atom. The molecule has 35 heavy (non-hydrogen) atoms. The minimum atomic E-state index is -1.16. The predicted molar refractivity (Wildman–Crippen MR) is 136 cm³/mol. The summed E-state index contributed by atoms with van der Waals surface area (Å²) >= 11 is 3.65. The lowest BCUT2D eigenvalue weighted by Gasteiger charge is -2.40. The van der Waals surface area contributed by atoms with Crippen molar-refractivity contribution in [2.75, 3.05) is 19.8 Å². The molecule has 4 unspecified atom stereocenters. The SMILES string of the molecule is C=CCCCOC(=O)[C@H]1[C@H]2C(=O)N([C@H](C)CO)C(C(=O)N(CC=C)C(C)CCC)C23CC(Br)[C@@H]1O3. The zero-order valence-electron chi connectivity index (χ0n) is 21.0. The summed E-state index contributed by atoms with van der Waals surface area (Å²) in [5.74, 6) is -2.68. The molecule has 0 aromatic heterocycles. The first kappa shape index (κ1) is 27.9. The van der Waals surface area contributed by atoms with Crippen molar-refractivity contribution >= 4 is 33.7 Å². The maximum absolute atomic E-state index is 14.2. The number of ether oxygens (including phenoxy) is 2. The van der Waals surface area contributed by atoms with Crippen molar-refractivity contribution in [3.8, 4) is 0 Å². The summed E-state index contributed by atoms with van der Waals surface area (Å²) in [5.41, 5.74) is -1.16. The number of unbranched alkanes of at least 4 members (excludes halogenated alkanes) is 1. The Kier molecular flexibility index (Phi) is 9.21. The molecule has 0 aromatic rings. The van der Waals surface area contributed by atoms with Gasteiger partial charge in [0.2, 0.25) is 11.8 Å². The fraction of sp³-hybridized carbons (Fsp3) is 0.731. The minimum Gasteiger partial charge on any atom is -0.465 e. The third kappa shape index (κ3) is 4.83. The van der Waals surface area contributed by atoms with Crippen molar-refractivity contribution in [3.63, 3.8) is 0 Å². The van der Waals surface area contributed by atoms with Crippen LogP contribution >= 0.6 is 15.9 Å². The largest absolute Gasteiger partial charge is 0.465 e. The van der Waals surface area contributed by atoms with Crippen molar-refractivity contribution in [1.29, 1.82) is 0 Å². The van der Waals surface area contributed by atoms with E-state index in [9.17, 15) is 19.5 Å². The second kappa shape index (κ2) is 11.6. The molecule has 3 aliphatic heterocycles. The molecule has 1 N–H and O–H groups in total. The number of likely N-dealkylation sites (tertiary alicyclic amines) is 1. The van der Waals surface area contributed by atoms with Crippen molar-refractivity contribution < 1.29 is 29.0 Å². The topological polar surface area (TPSA) is 96.4 Å². The number of aliphatic hydroxyl groups excluding tert-OH is 1. The van der Waals surface area contributed by atoms with Gasteiger partial charge in [-0.2, -0.15) is 0 Å². The fourth-order valence-corrected chi connectivity index (χ4v) is 6.97. The van der Waals surface area contributed by atoms with Gasteiger partial charge in [-0.15, -0.1) is 13.2 Å². The van der Waals surface area contributed by atoms with Crippen LogP contribution in [-0.2, 0) is 23.9 Å². The molecule has 3 rings (SSSR count). The van der Waals surface area contributed by atoms with Gasteiger partial charge in [0.05, 0.1) is 37.2 Å². The molecule has 0 saturated carbocycles. The Bertz CT molecular complexity index is 837. The third-order valence-electron chi connectivity index (χ3n) is 7.62. The summed E-state index contributed by atoms with van der Waals surface area (Å²) in [5, 5.41) is 9.99. The van der Waals surface area contributed by atoms with Gasteiger partial charge in [-0.1, -0.05) is 41.4 Å². The summed E-state index contributed by atoms with van der Waals surface area (Å²) in [7, 11) is 0. The summed E-state index contributed by atoms with van der Waals surface area (Å²) in [6.45, 7) is 13.5. The zero-order chi connectivity index (χ0) is 25.9. The Morgan fingerprint density at radius 2 is 2.09 bits per heavy atom. The lowest BCUT2D eigenvalue weighted by molar-refractivity contribution is -0.156. The quantitative estimate of drug-likeness (QED) is 0.163. The molecule has 3 saturated heterocycles. The number of rotatable bonds is 13. The predicted octanol–water partition coefficient (Wildman–Crippen LogP) is 2.83. The molecule has 0 radical (unpaired) electrons. The molecule has 3 fully saturated rings. The average molecular weight is 556 g/mol. The molecule has 8 nitrogen and oxygen atoms in total. The highest BCUT2D eigenvalue weighted by molar-refractivity contribution is 9.09. The molecular formula is C26H39BrN2O6. The number of allylic oxidation sites excluding steroid dienone is 1. The van der Waals surface area contributed by atoms with Crippen LogP contribution in [-0.4, -0.2) is 87.1 Å². The van der Waals surface area contributed by atoms with E-state index >= 15 is 0 Å². The molecule has 3 aliphatic rings. The van der Waals surface area contributed by atoms with Crippen LogP contribution in [0, 0.1) is 11.8 Å². The number of esters is 1. The van der Waals surface area contributed by atoms with Crippen LogP contribution in [0.1, 0.15) is 52.9 Å². The summed E-state index contributed by atoms with van der Waals surface area (Å²) < 4.78 is 12.0. The van der Waals surface area contributed by atoms with E-state index < -0.39 is 41.6 Å². The zero-order valence-corrected chi connectivity index (χ0v) is 22.6. The van der Waals surface area contributed by atoms with Crippen LogP contribution in [0.25, 0.3) is 0 Å². The van der Waals surface area contributed by atoms with Gasteiger partial charge in [0.1, 0.15) is 11.6 Å². The van der Waals surface area contributed by atoms with Gasteiger partial charge in [-0.25, -0.2) is 0 Å². The Morgan fingerprint density at radius 3 is 2.69 bits per heavy atom. The van der Waals surface area contributed by atoms with E-state index in [1.165, 1.54) is 4.90 Å². The van der Waals surface area contributed by atoms with Crippen LogP contribution in [0.3, 0.4) is 0 Å².